The summed E-state index contributed by atoms with van der Waals surface area (Å²) in [6.45, 7) is 9.68. The van der Waals surface area contributed by atoms with Crippen LogP contribution in [-0.2, 0) is 20.7 Å². The number of aryl methyl sites for hydroxylation is 1. The van der Waals surface area contributed by atoms with E-state index in [1.165, 1.54) is 0 Å². The quantitative estimate of drug-likeness (QED) is 0.823. The first-order valence-corrected chi connectivity index (χ1v) is 9.11. The standard InChI is InChI=1S/C20H30N2O3/c1-5-14-9-6-7-11-16(14)22-19(24)18(23)21-13-15-10-8-12-25-17(15)20(2,3)4/h6-7,9,11,15,17H,5,8,10,12-13H2,1-4H3,(H,21,23)(H,22,24)/t15-,17+/m0/s1. The lowest BCUT2D eigenvalue weighted by Crippen LogP contribution is -2.46. The predicted molar refractivity (Wildman–Crippen MR) is 99.4 cm³/mol. The summed E-state index contributed by atoms with van der Waals surface area (Å²) in [4.78, 5) is 24.4. The normalized spacial score (nSPS) is 20.8. The van der Waals surface area contributed by atoms with Gasteiger partial charge in [0.1, 0.15) is 0 Å². The summed E-state index contributed by atoms with van der Waals surface area (Å²) in [5.41, 5.74) is 1.72. The predicted octanol–water partition coefficient (Wildman–Crippen LogP) is 3.15. The Morgan fingerprint density at radius 1 is 1.20 bits per heavy atom. The Balaban J connectivity index is 1.91. The van der Waals surface area contributed by atoms with Crippen molar-refractivity contribution in [2.75, 3.05) is 18.5 Å². The zero-order valence-electron chi connectivity index (χ0n) is 15.7. The molecule has 0 bridgehead atoms. The van der Waals surface area contributed by atoms with Gasteiger partial charge in [-0.2, -0.15) is 0 Å². The molecule has 1 aliphatic heterocycles. The van der Waals surface area contributed by atoms with Crippen molar-refractivity contribution in [2.24, 2.45) is 11.3 Å². The molecule has 0 spiro atoms. The van der Waals surface area contributed by atoms with Crippen LogP contribution in [0, 0.1) is 11.3 Å². The summed E-state index contributed by atoms with van der Waals surface area (Å²) in [6.07, 6.45) is 2.88. The maximum atomic E-state index is 12.2. The highest BCUT2D eigenvalue weighted by molar-refractivity contribution is 6.39. The van der Waals surface area contributed by atoms with Crippen LogP contribution in [0.15, 0.2) is 24.3 Å². The van der Waals surface area contributed by atoms with E-state index >= 15 is 0 Å². The number of anilines is 1. The molecule has 5 heteroatoms. The molecule has 2 amide bonds. The lowest BCUT2D eigenvalue weighted by Gasteiger charge is -2.40. The Labute approximate surface area is 150 Å². The van der Waals surface area contributed by atoms with E-state index in [1.807, 2.05) is 31.2 Å². The molecule has 25 heavy (non-hydrogen) atoms. The van der Waals surface area contributed by atoms with Crippen molar-refractivity contribution in [2.45, 2.75) is 53.1 Å². The molecule has 1 aromatic rings. The van der Waals surface area contributed by atoms with Gasteiger partial charge in [0.15, 0.2) is 0 Å². The van der Waals surface area contributed by atoms with E-state index in [1.54, 1.807) is 0 Å². The number of benzene rings is 1. The van der Waals surface area contributed by atoms with Crippen molar-refractivity contribution in [3.05, 3.63) is 29.8 Å². The highest BCUT2D eigenvalue weighted by Crippen LogP contribution is 2.33. The maximum Gasteiger partial charge on any atom is 0.313 e. The van der Waals surface area contributed by atoms with Gasteiger partial charge in [-0.3, -0.25) is 9.59 Å². The molecule has 138 valence electrons. The lowest BCUT2D eigenvalue weighted by atomic mass is 9.78. The summed E-state index contributed by atoms with van der Waals surface area (Å²) < 4.78 is 5.92. The largest absolute Gasteiger partial charge is 0.377 e. The van der Waals surface area contributed by atoms with Crippen LogP contribution in [-0.4, -0.2) is 31.1 Å². The van der Waals surface area contributed by atoms with E-state index in [4.69, 9.17) is 4.74 Å². The van der Waals surface area contributed by atoms with E-state index in [0.717, 1.165) is 31.4 Å². The molecule has 0 saturated carbocycles. The van der Waals surface area contributed by atoms with Crippen LogP contribution in [0.1, 0.15) is 46.1 Å². The van der Waals surface area contributed by atoms with Crippen LogP contribution >= 0.6 is 0 Å². The summed E-state index contributed by atoms with van der Waals surface area (Å²) in [5, 5.41) is 5.49. The van der Waals surface area contributed by atoms with Crippen molar-refractivity contribution < 1.29 is 14.3 Å². The minimum atomic E-state index is -0.620. The van der Waals surface area contributed by atoms with Gasteiger partial charge >= 0.3 is 11.8 Å². The summed E-state index contributed by atoms with van der Waals surface area (Å²) in [5.74, 6) is -0.984. The zero-order valence-corrected chi connectivity index (χ0v) is 15.7. The van der Waals surface area contributed by atoms with E-state index in [9.17, 15) is 9.59 Å². The molecule has 0 unspecified atom stereocenters. The molecule has 1 aromatic carbocycles. The Hall–Kier alpha value is -1.88. The second-order valence-corrected chi connectivity index (χ2v) is 7.73. The molecule has 0 aromatic heterocycles. The summed E-state index contributed by atoms with van der Waals surface area (Å²) in [6, 6.07) is 7.53. The molecule has 1 heterocycles. The first kappa shape index (κ1) is 19.4. The zero-order chi connectivity index (χ0) is 18.4. The fourth-order valence-electron chi connectivity index (χ4n) is 3.44. The number of amides is 2. The first-order valence-electron chi connectivity index (χ1n) is 9.11. The number of rotatable bonds is 4. The van der Waals surface area contributed by atoms with Gasteiger partial charge in [0.25, 0.3) is 0 Å². The minimum absolute atomic E-state index is 0.0120. The molecule has 1 saturated heterocycles. The Morgan fingerprint density at radius 3 is 2.60 bits per heavy atom. The third kappa shape index (κ3) is 5.30. The van der Waals surface area contributed by atoms with Crippen molar-refractivity contribution in [3.8, 4) is 0 Å². The van der Waals surface area contributed by atoms with Crippen LogP contribution in [0.25, 0.3) is 0 Å². The van der Waals surface area contributed by atoms with Gasteiger partial charge in [-0.25, -0.2) is 0 Å². The van der Waals surface area contributed by atoms with Gasteiger partial charge in [0.2, 0.25) is 0 Å². The van der Waals surface area contributed by atoms with E-state index in [0.29, 0.717) is 12.2 Å². The number of carbonyl (C=O) groups excluding carboxylic acids is 2. The Kier molecular flexibility index (Phi) is 6.59. The van der Waals surface area contributed by atoms with E-state index in [-0.39, 0.29) is 17.4 Å². The molecule has 0 radical (unpaired) electrons. The van der Waals surface area contributed by atoms with Crippen LogP contribution in [0.5, 0.6) is 0 Å². The monoisotopic (exact) mass is 346 g/mol. The van der Waals surface area contributed by atoms with Gasteiger partial charge in [0, 0.05) is 24.8 Å². The van der Waals surface area contributed by atoms with Gasteiger partial charge in [-0.15, -0.1) is 0 Å². The second-order valence-electron chi connectivity index (χ2n) is 7.73. The number of ether oxygens (including phenoxy) is 1. The maximum absolute atomic E-state index is 12.2. The Morgan fingerprint density at radius 2 is 1.92 bits per heavy atom. The minimum Gasteiger partial charge on any atom is -0.377 e. The van der Waals surface area contributed by atoms with Crippen molar-refractivity contribution in [1.29, 1.82) is 0 Å². The fourth-order valence-corrected chi connectivity index (χ4v) is 3.44. The van der Waals surface area contributed by atoms with Gasteiger partial charge < -0.3 is 15.4 Å². The summed E-state index contributed by atoms with van der Waals surface area (Å²) >= 11 is 0. The molecule has 2 rings (SSSR count). The molecule has 1 aliphatic rings. The number of carbonyl (C=O) groups is 2. The highest BCUT2D eigenvalue weighted by atomic mass is 16.5. The summed E-state index contributed by atoms with van der Waals surface area (Å²) in [7, 11) is 0. The molecular weight excluding hydrogens is 316 g/mol. The van der Waals surface area contributed by atoms with Crippen molar-refractivity contribution >= 4 is 17.5 Å². The molecule has 1 fully saturated rings. The smallest absolute Gasteiger partial charge is 0.313 e. The topological polar surface area (TPSA) is 67.4 Å². The van der Waals surface area contributed by atoms with E-state index < -0.39 is 11.8 Å². The van der Waals surface area contributed by atoms with Crippen molar-refractivity contribution in [1.82, 2.24) is 5.32 Å². The second kappa shape index (κ2) is 8.48. The first-order chi connectivity index (χ1) is 11.8. The Bertz CT molecular complexity index is 607. The van der Waals surface area contributed by atoms with Crippen molar-refractivity contribution in [3.63, 3.8) is 0 Å². The average Bonchev–Trinajstić information content (AvgIpc) is 2.59. The fraction of sp³-hybridized carbons (Fsp3) is 0.600. The number of hydrogen-bond donors (Lipinski definition) is 2. The number of hydrogen-bond acceptors (Lipinski definition) is 3. The molecule has 0 aliphatic carbocycles. The van der Waals surface area contributed by atoms with Crippen LogP contribution in [0.3, 0.4) is 0 Å². The SMILES string of the molecule is CCc1ccccc1NC(=O)C(=O)NC[C@@H]1CCCO[C@H]1C(C)(C)C. The lowest BCUT2D eigenvalue weighted by molar-refractivity contribution is -0.137. The van der Waals surface area contributed by atoms with Gasteiger partial charge in [-0.1, -0.05) is 45.9 Å². The van der Waals surface area contributed by atoms with Gasteiger partial charge in [0.05, 0.1) is 6.10 Å². The van der Waals surface area contributed by atoms with Crippen LogP contribution in [0.2, 0.25) is 0 Å². The molecule has 2 N–H and O–H groups in total. The number of nitrogens with one attached hydrogen (secondary N) is 2. The number of para-hydroxylation sites is 1. The molecule has 2 atom stereocenters. The molecular formula is C20H30N2O3. The third-order valence-electron chi connectivity index (χ3n) is 4.68. The molecule has 5 nitrogen and oxygen atoms in total. The average molecular weight is 346 g/mol. The van der Waals surface area contributed by atoms with Crippen LogP contribution in [0.4, 0.5) is 5.69 Å². The third-order valence-corrected chi connectivity index (χ3v) is 4.68. The van der Waals surface area contributed by atoms with Gasteiger partial charge in [-0.05, 0) is 36.3 Å². The van der Waals surface area contributed by atoms with E-state index in [2.05, 4.69) is 31.4 Å². The van der Waals surface area contributed by atoms with Crippen LogP contribution < -0.4 is 10.6 Å². The highest BCUT2D eigenvalue weighted by Gasteiger charge is 2.35.